The fraction of sp³-hybridized carbons (Fsp3) is 0.667. The van der Waals surface area contributed by atoms with E-state index in [1.165, 1.54) is 12.0 Å². The van der Waals surface area contributed by atoms with Gasteiger partial charge in [-0.3, -0.25) is 9.69 Å². The van der Waals surface area contributed by atoms with E-state index in [4.69, 9.17) is 9.47 Å². The molecule has 1 aromatic carbocycles. The number of carbonyl (C=O) groups is 1. The number of aliphatic hydroxyl groups is 1. The Bertz CT molecular complexity index is 979. The van der Waals surface area contributed by atoms with E-state index in [9.17, 15) is 9.90 Å². The van der Waals surface area contributed by atoms with Crippen LogP contribution in [0.25, 0.3) is 0 Å². The third kappa shape index (κ3) is 1.06. The number of piperidine rings is 1. The molecule has 4 aliphatic heterocycles. The van der Waals surface area contributed by atoms with Gasteiger partial charge in [0.1, 0.15) is 5.60 Å². The van der Waals surface area contributed by atoms with Gasteiger partial charge >= 0.3 is 0 Å². The first-order valence-corrected chi connectivity index (χ1v) is 10.3. The molecule has 0 amide bonds. The number of hydrogen-bond donors (Lipinski definition) is 2. The van der Waals surface area contributed by atoms with Crippen LogP contribution < -0.4 is 14.8 Å². The molecule has 9 rings (SSSR count). The fourth-order valence-electron chi connectivity index (χ4n) is 9.11. The molecule has 3 spiro atoms. The van der Waals surface area contributed by atoms with Gasteiger partial charge in [-0.15, -0.1) is 0 Å². The average molecular weight is 366 g/mol. The number of anilines is 1. The van der Waals surface area contributed by atoms with Crippen molar-refractivity contribution in [1.29, 1.82) is 0 Å². The summed E-state index contributed by atoms with van der Waals surface area (Å²) in [4.78, 5) is 16.3. The van der Waals surface area contributed by atoms with Gasteiger partial charge in [0.2, 0.25) is 6.79 Å². The van der Waals surface area contributed by atoms with Crippen LogP contribution in [0.5, 0.6) is 11.5 Å². The fourth-order valence-corrected chi connectivity index (χ4v) is 9.11. The highest BCUT2D eigenvalue weighted by Gasteiger charge is 2.91. The van der Waals surface area contributed by atoms with E-state index in [-0.39, 0.29) is 29.3 Å². The first-order valence-electron chi connectivity index (χ1n) is 10.3. The van der Waals surface area contributed by atoms with Gasteiger partial charge in [-0.1, -0.05) is 6.07 Å². The molecule has 6 unspecified atom stereocenters. The van der Waals surface area contributed by atoms with Crippen molar-refractivity contribution in [2.45, 2.75) is 54.7 Å². The predicted molar refractivity (Wildman–Crippen MR) is 94.9 cm³/mol. The molecular formula is C21H22N2O4. The van der Waals surface area contributed by atoms with Crippen molar-refractivity contribution < 1.29 is 19.4 Å². The number of rotatable bonds is 0. The molecule has 2 saturated heterocycles. The zero-order valence-corrected chi connectivity index (χ0v) is 15.1. The van der Waals surface area contributed by atoms with E-state index >= 15 is 0 Å². The lowest BCUT2D eigenvalue weighted by Crippen LogP contribution is -2.80. The van der Waals surface area contributed by atoms with Crippen LogP contribution in [0.4, 0.5) is 5.69 Å². The molecule has 6 nitrogen and oxygen atoms in total. The van der Waals surface area contributed by atoms with Crippen molar-refractivity contribution >= 4 is 11.5 Å². The molecule has 4 saturated carbocycles. The summed E-state index contributed by atoms with van der Waals surface area (Å²) in [6.07, 6.45) is 4.89. The van der Waals surface area contributed by atoms with Crippen molar-refractivity contribution in [3.8, 4) is 11.5 Å². The summed E-state index contributed by atoms with van der Waals surface area (Å²) in [5, 5.41) is 15.7. The molecule has 1 aromatic rings. The lowest BCUT2D eigenvalue weighted by Gasteiger charge is -2.68. The number of nitrogens with one attached hydrogen (secondary N) is 1. The van der Waals surface area contributed by atoms with Crippen molar-refractivity contribution in [2.75, 3.05) is 25.2 Å². The number of ketones is 1. The van der Waals surface area contributed by atoms with E-state index in [2.05, 4.69) is 16.3 Å². The highest BCUT2D eigenvalue weighted by atomic mass is 16.7. The lowest BCUT2D eigenvalue weighted by molar-refractivity contribution is -0.189. The minimum atomic E-state index is -1.26. The summed E-state index contributed by atoms with van der Waals surface area (Å²) in [6, 6.07) is 4.50. The van der Waals surface area contributed by atoms with Gasteiger partial charge in [0.25, 0.3) is 0 Å². The molecule has 6 heteroatoms. The number of benzene rings is 1. The van der Waals surface area contributed by atoms with Gasteiger partial charge in [-0.25, -0.2) is 0 Å². The first kappa shape index (κ1) is 14.2. The SMILES string of the molecule is O=C1C2CN3CCCC45CCC6(Nc7c(ccc8c7OCO8)C26C34)C1(O)C5. The molecular weight excluding hydrogens is 344 g/mol. The molecule has 0 radical (unpaired) electrons. The topological polar surface area (TPSA) is 71.0 Å². The summed E-state index contributed by atoms with van der Waals surface area (Å²) < 4.78 is 11.5. The number of nitrogens with zero attached hydrogens (tertiary/aromatic N) is 1. The smallest absolute Gasteiger partial charge is 0.231 e. The molecule has 6 fully saturated rings. The van der Waals surface area contributed by atoms with Crippen LogP contribution in [0.2, 0.25) is 0 Å². The van der Waals surface area contributed by atoms with Crippen LogP contribution in [-0.4, -0.2) is 52.9 Å². The first-order chi connectivity index (χ1) is 13.1. The summed E-state index contributed by atoms with van der Waals surface area (Å²) >= 11 is 0. The highest BCUT2D eigenvalue weighted by Crippen LogP contribution is 2.81. The molecule has 0 aromatic heterocycles. The Morgan fingerprint density at radius 2 is 2.15 bits per heavy atom. The minimum absolute atomic E-state index is 0.0648. The van der Waals surface area contributed by atoms with E-state index < -0.39 is 11.1 Å². The molecule has 6 atom stereocenters. The lowest BCUT2D eigenvalue weighted by atomic mass is 9.40. The van der Waals surface area contributed by atoms with E-state index in [1.807, 2.05) is 6.07 Å². The Morgan fingerprint density at radius 3 is 3.07 bits per heavy atom. The van der Waals surface area contributed by atoms with Gasteiger partial charge in [0.15, 0.2) is 17.3 Å². The Balaban J connectivity index is 1.52. The molecule has 4 heterocycles. The van der Waals surface area contributed by atoms with E-state index in [0.717, 1.165) is 49.5 Å². The Hall–Kier alpha value is -1.79. The number of Topliss-reactive ketones (excluding diaryl/α,β-unsaturated/α-hetero) is 1. The van der Waals surface area contributed by atoms with Crippen molar-refractivity contribution in [2.24, 2.45) is 11.3 Å². The zero-order valence-electron chi connectivity index (χ0n) is 15.1. The molecule has 27 heavy (non-hydrogen) atoms. The maximum Gasteiger partial charge on any atom is 0.231 e. The van der Waals surface area contributed by atoms with Gasteiger partial charge in [0, 0.05) is 18.5 Å². The standard InChI is InChI=1S/C21H22N2O4/c24-16-12-8-23-7-1-4-18-5-6-20(19(16,25)9-18)21(12,17(18)23)11-2-3-13-15(14(11)22-20)27-10-26-13/h2-3,12,17,22,25H,1,4-10H2. The van der Waals surface area contributed by atoms with E-state index in [1.54, 1.807) is 0 Å². The second-order valence-corrected chi connectivity index (χ2v) is 9.94. The summed E-state index contributed by atoms with van der Waals surface area (Å²) in [6.45, 7) is 2.11. The number of hydrogen-bond acceptors (Lipinski definition) is 6. The maximum atomic E-state index is 13.7. The molecule has 4 bridgehead atoms. The number of carbonyl (C=O) groups excluding carboxylic acids is 1. The minimum Gasteiger partial charge on any atom is -0.454 e. The number of ether oxygens (including phenoxy) is 2. The predicted octanol–water partition coefficient (Wildman–Crippen LogP) is 1.41. The maximum absolute atomic E-state index is 13.7. The Morgan fingerprint density at radius 1 is 1.22 bits per heavy atom. The number of fused-ring (bicyclic) bond motifs is 4. The largest absolute Gasteiger partial charge is 0.454 e. The summed E-state index contributed by atoms with van der Waals surface area (Å²) in [7, 11) is 0. The van der Waals surface area contributed by atoms with Crippen LogP contribution in [-0.2, 0) is 10.2 Å². The van der Waals surface area contributed by atoms with Crippen LogP contribution in [0.3, 0.4) is 0 Å². The monoisotopic (exact) mass is 366 g/mol. The van der Waals surface area contributed by atoms with Crippen molar-refractivity contribution in [3.05, 3.63) is 17.7 Å². The van der Waals surface area contributed by atoms with Crippen LogP contribution in [0.15, 0.2) is 12.1 Å². The van der Waals surface area contributed by atoms with Gasteiger partial charge in [-0.2, -0.15) is 0 Å². The van der Waals surface area contributed by atoms with Crippen LogP contribution in [0.1, 0.15) is 37.7 Å². The molecule has 8 aliphatic rings. The summed E-state index contributed by atoms with van der Waals surface area (Å²) in [5.41, 5.74) is 0.0527. The quantitative estimate of drug-likeness (QED) is 0.724. The molecule has 2 N–H and O–H groups in total. The van der Waals surface area contributed by atoms with Crippen molar-refractivity contribution in [3.63, 3.8) is 0 Å². The normalized spacial score (nSPS) is 52.1. The average Bonchev–Trinajstić information content (AvgIpc) is 3.36. The second kappa shape index (κ2) is 3.72. The third-order valence-electron chi connectivity index (χ3n) is 9.53. The van der Waals surface area contributed by atoms with Gasteiger partial charge in [0.05, 0.1) is 16.6 Å². The zero-order chi connectivity index (χ0) is 17.8. The van der Waals surface area contributed by atoms with Crippen molar-refractivity contribution in [1.82, 2.24) is 4.90 Å². The third-order valence-corrected chi connectivity index (χ3v) is 9.53. The second-order valence-electron chi connectivity index (χ2n) is 9.94. The van der Waals surface area contributed by atoms with Gasteiger partial charge < -0.3 is 19.9 Å². The van der Waals surface area contributed by atoms with Crippen LogP contribution >= 0.6 is 0 Å². The Kier molecular flexibility index (Phi) is 1.96. The summed E-state index contributed by atoms with van der Waals surface area (Å²) in [5.74, 6) is 1.51. The van der Waals surface area contributed by atoms with E-state index in [0.29, 0.717) is 12.5 Å². The highest BCUT2D eigenvalue weighted by molar-refractivity contribution is 6.03. The van der Waals surface area contributed by atoms with Gasteiger partial charge in [-0.05, 0) is 55.7 Å². The molecule has 140 valence electrons. The van der Waals surface area contributed by atoms with Crippen LogP contribution in [0, 0.1) is 11.3 Å². The molecule has 4 aliphatic carbocycles. The Labute approximate surface area is 156 Å².